The minimum absolute atomic E-state index is 0.0140. The van der Waals surface area contributed by atoms with Gasteiger partial charge in [0.05, 0.1) is 24.8 Å². The highest BCUT2D eigenvalue weighted by Crippen LogP contribution is 2.40. The number of carbonyl (C=O) groups excluding carboxylic acids is 3. The fourth-order valence-electron chi connectivity index (χ4n) is 5.25. The summed E-state index contributed by atoms with van der Waals surface area (Å²) in [7, 11) is 0. The van der Waals surface area contributed by atoms with Crippen LogP contribution >= 0.6 is 0 Å². The average molecular weight is 586 g/mol. The Morgan fingerprint density at radius 3 is 2.21 bits per heavy atom. The minimum atomic E-state index is -0.802. The maximum absolute atomic E-state index is 13.4. The van der Waals surface area contributed by atoms with Crippen LogP contribution in [0.25, 0.3) is 5.76 Å². The number of ketones is 1. The van der Waals surface area contributed by atoms with Crippen LogP contribution in [0.5, 0.6) is 11.5 Å². The highest BCUT2D eigenvalue weighted by Gasteiger charge is 2.45. The SMILES string of the molecule is NC(=O)COc1ccc(C2/C(=C(\O)c3ccc(OCc4ccccc4)cc3)C(=O)C(=O)N2CCCN2CCOCC2)cc1. The van der Waals surface area contributed by atoms with Crippen molar-refractivity contribution in [2.24, 2.45) is 5.73 Å². The lowest BCUT2D eigenvalue weighted by atomic mass is 9.95. The Hall–Kier alpha value is -4.67. The summed E-state index contributed by atoms with van der Waals surface area (Å²) in [4.78, 5) is 41.7. The molecule has 0 aliphatic carbocycles. The lowest BCUT2D eigenvalue weighted by Crippen LogP contribution is -2.38. The number of hydrogen-bond acceptors (Lipinski definition) is 8. The van der Waals surface area contributed by atoms with Gasteiger partial charge in [-0.05, 0) is 53.9 Å². The topological polar surface area (TPSA) is 132 Å². The van der Waals surface area contributed by atoms with E-state index in [2.05, 4.69) is 4.90 Å². The van der Waals surface area contributed by atoms with Crippen LogP contribution in [0.2, 0.25) is 0 Å². The van der Waals surface area contributed by atoms with E-state index in [0.717, 1.165) is 25.2 Å². The molecule has 3 N–H and O–H groups in total. The van der Waals surface area contributed by atoms with Crippen molar-refractivity contribution in [3.63, 3.8) is 0 Å². The zero-order valence-electron chi connectivity index (χ0n) is 23.8. The van der Waals surface area contributed by atoms with Gasteiger partial charge in [0.15, 0.2) is 6.61 Å². The van der Waals surface area contributed by atoms with Gasteiger partial charge in [-0.25, -0.2) is 0 Å². The Labute approximate surface area is 250 Å². The van der Waals surface area contributed by atoms with E-state index in [9.17, 15) is 19.5 Å². The molecule has 3 aromatic rings. The molecule has 224 valence electrons. The first-order valence-electron chi connectivity index (χ1n) is 14.3. The molecule has 2 aliphatic rings. The van der Waals surface area contributed by atoms with Gasteiger partial charge in [-0.15, -0.1) is 0 Å². The number of morpholine rings is 1. The van der Waals surface area contributed by atoms with Crippen molar-refractivity contribution in [1.29, 1.82) is 0 Å². The third-order valence-electron chi connectivity index (χ3n) is 7.47. The molecular formula is C33H35N3O7. The number of nitrogens with two attached hydrogens (primary N) is 1. The molecule has 2 aliphatic heterocycles. The number of hydrogen-bond donors (Lipinski definition) is 2. The van der Waals surface area contributed by atoms with Crippen molar-refractivity contribution in [3.05, 3.63) is 101 Å². The van der Waals surface area contributed by atoms with Crippen LogP contribution in [0.4, 0.5) is 0 Å². The Morgan fingerprint density at radius 1 is 0.884 bits per heavy atom. The van der Waals surface area contributed by atoms with Gasteiger partial charge in [-0.3, -0.25) is 19.3 Å². The fourth-order valence-corrected chi connectivity index (χ4v) is 5.25. The third-order valence-corrected chi connectivity index (χ3v) is 7.47. The number of rotatable bonds is 12. The monoisotopic (exact) mass is 585 g/mol. The van der Waals surface area contributed by atoms with Crippen molar-refractivity contribution in [1.82, 2.24) is 9.80 Å². The van der Waals surface area contributed by atoms with Gasteiger partial charge in [-0.1, -0.05) is 42.5 Å². The van der Waals surface area contributed by atoms with Crippen LogP contribution in [0.3, 0.4) is 0 Å². The molecule has 10 nitrogen and oxygen atoms in total. The third kappa shape index (κ3) is 7.40. The molecule has 2 heterocycles. The van der Waals surface area contributed by atoms with Crippen LogP contribution in [-0.2, 0) is 25.7 Å². The number of aliphatic hydroxyl groups is 1. The van der Waals surface area contributed by atoms with Crippen molar-refractivity contribution in [2.75, 3.05) is 46.0 Å². The predicted octanol–water partition coefficient (Wildman–Crippen LogP) is 3.27. The largest absolute Gasteiger partial charge is 0.507 e. The Morgan fingerprint density at radius 2 is 1.53 bits per heavy atom. The molecule has 0 aromatic heterocycles. The summed E-state index contributed by atoms with van der Waals surface area (Å²) in [5, 5.41) is 11.4. The van der Waals surface area contributed by atoms with E-state index in [4.69, 9.17) is 19.9 Å². The van der Waals surface area contributed by atoms with Crippen LogP contribution in [0.1, 0.15) is 29.2 Å². The standard InChI is InChI=1S/C33H35N3O7/c34-28(37)22-43-27-11-7-24(8-12-27)30-29(32(39)33(40)36(30)16-4-15-35-17-19-41-20-18-35)31(38)25-9-13-26(14-10-25)42-21-23-5-2-1-3-6-23/h1-3,5-14,30,38H,4,15-22H2,(H2,34,37)/b31-29+. The molecule has 5 rings (SSSR count). The molecular weight excluding hydrogens is 550 g/mol. The van der Waals surface area contributed by atoms with E-state index < -0.39 is 23.6 Å². The minimum Gasteiger partial charge on any atom is -0.507 e. The number of primary amides is 1. The number of benzene rings is 3. The molecule has 3 aromatic carbocycles. The first-order valence-corrected chi connectivity index (χ1v) is 14.3. The van der Waals surface area contributed by atoms with Crippen LogP contribution < -0.4 is 15.2 Å². The number of Topliss-reactive ketones (excluding diaryl/α,β-unsaturated/α-hetero) is 1. The van der Waals surface area contributed by atoms with Gasteiger partial charge < -0.3 is 30.0 Å². The van der Waals surface area contributed by atoms with Crippen molar-refractivity contribution < 1.29 is 33.7 Å². The summed E-state index contributed by atoms with van der Waals surface area (Å²) in [5.74, 6) is -1.25. The smallest absolute Gasteiger partial charge is 0.295 e. The van der Waals surface area contributed by atoms with Gasteiger partial charge in [0.1, 0.15) is 23.9 Å². The number of aliphatic hydroxyl groups excluding tert-OH is 1. The summed E-state index contributed by atoms with van der Waals surface area (Å²) < 4.78 is 16.7. The zero-order chi connectivity index (χ0) is 30.2. The van der Waals surface area contributed by atoms with Gasteiger partial charge >= 0.3 is 0 Å². The summed E-state index contributed by atoms with van der Waals surface area (Å²) in [5.41, 5.74) is 7.24. The van der Waals surface area contributed by atoms with Gasteiger partial charge in [-0.2, -0.15) is 0 Å². The second-order valence-electron chi connectivity index (χ2n) is 10.4. The van der Waals surface area contributed by atoms with Crippen LogP contribution in [-0.4, -0.2) is 78.5 Å². The van der Waals surface area contributed by atoms with E-state index in [-0.39, 0.29) is 17.9 Å². The predicted molar refractivity (Wildman–Crippen MR) is 159 cm³/mol. The molecule has 2 fully saturated rings. The Bertz CT molecular complexity index is 1450. The molecule has 2 amide bonds. The van der Waals surface area contributed by atoms with E-state index in [1.54, 1.807) is 48.5 Å². The molecule has 0 radical (unpaired) electrons. The maximum atomic E-state index is 13.4. The lowest BCUT2D eigenvalue weighted by molar-refractivity contribution is -0.140. The molecule has 0 saturated carbocycles. The number of carbonyl (C=O) groups is 3. The van der Waals surface area contributed by atoms with Crippen molar-refractivity contribution in [2.45, 2.75) is 19.1 Å². The first kappa shape index (κ1) is 29.8. The fraction of sp³-hybridized carbons (Fsp3) is 0.303. The van der Waals surface area contributed by atoms with Crippen molar-refractivity contribution >= 4 is 23.4 Å². The number of likely N-dealkylation sites (tertiary alicyclic amines) is 1. The summed E-state index contributed by atoms with van der Waals surface area (Å²) in [6, 6.07) is 22.4. The van der Waals surface area contributed by atoms with E-state index in [1.807, 2.05) is 30.3 Å². The van der Waals surface area contributed by atoms with Gasteiger partial charge in [0.2, 0.25) is 0 Å². The quantitative estimate of drug-likeness (QED) is 0.188. The summed E-state index contributed by atoms with van der Waals surface area (Å²) >= 11 is 0. The maximum Gasteiger partial charge on any atom is 0.295 e. The molecule has 0 bridgehead atoms. The zero-order valence-corrected chi connectivity index (χ0v) is 23.8. The lowest BCUT2D eigenvalue weighted by Gasteiger charge is -2.29. The van der Waals surface area contributed by atoms with Crippen molar-refractivity contribution in [3.8, 4) is 11.5 Å². The van der Waals surface area contributed by atoms with E-state index >= 15 is 0 Å². The normalized spacial score (nSPS) is 18.5. The first-order chi connectivity index (χ1) is 20.9. The molecule has 43 heavy (non-hydrogen) atoms. The van der Waals surface area contributed by atoms with Gasteiger partial charge in [0, 0.05) is 31.7 Å². The van der Waals surface area contributed by atoms with Crippen LogP contribution in [0.15, 0.2) is 84.4 Å². The number of amides is 2. The molecule has 2 saturated heterocycles. The van der Waals surface area contributed by atoms with Crippen LogP contribution in [0, 0.1) is 0 Å². The second-order valence-corrected chi connectivity index (χ2v) is 10.4. The van der Waals surface area contributed by atoms with E-state index in [0.29, 0.717) is 55.4 Å². The van der Waals surface area contributed by atoms with Gasteiger partial charge in [0.25, 0.3) is 17.6 Å². The Balaban J connectivity index is 1.39. The number of nitrogens with zero attached hydrogens (tertiary/aromatic N) is 2. The highest BCUT2D eigenvalue weighted by molar-refractivity contribution is 6.46. The molecule has 1 atom stereocenters. The molecule has 1 unspecified atom stereocenters. The molecule has 10 heteroatoms. The molecule has 0 spiro atoms. The second kappa shape index (κ2) is 14.0. The highest BCUT2D eigenvalue weighted by atomic mass is 16.5. The van der Waals surface area contributed by atoms with E-state index in [1.165, 1.54) is 4.90 Å². The Kier molecular flexibility index (Phi) is 9.70. The average Bonchev–Trinajstić information content (AvgIpc) is 3.29. The summed E-state index contributed by atoms with van der Waals surface area (Å²) in [6.45, 7) is 4.18. The number of ether oxygens (including phenoxy) is 3. The summed E-state index contributed by atoms with van der Waals surface area (Å²) in [6.07, 6.45) is 0.650.